The first-order chi connectivity index (χ1) is 11.8. The van der Waals surface area contributed by atoms with E-state index in [1.165, 1.54) is 16.0 Å². The van der Waals surface area contributed by atoms with Gasteiger partial charge in [-0.1, -0.05) is 42.5 Å². The van der Waals surface area contributed by atoms with Crippen LogP contribution in [0.4, 0.5) is 0 Å². The van der Waals surface area contributed by atoms with Crippen molar-refractivity contribution in [3.05, 3.63) is 64.4 Å². The van der Waals surface area contributed by atoms with Crippen LogP contribution < -0.4 is 10.9 Å². The van der Waals surface area contributed by atoms with E-state index in [1.807, 2.05) is 11.0 Å². The maximum atomic E-state index is 12.8. The van der Waals surface area contributed by atoms with Crippen molar-refractivity contribution >= 4 is 22.8 Å². The first-order valence-electron chi connectivity index (χ1n) is 8.39. The fourth-order valence-electron chi connectivity index (χ4n) is 3.40. The Morgan fingerprint density at radius 3 is 2.71 bits per heavy atom. The maximum absolute atomic E-state index is 12.8. The summed E-state index contributed by atoms with van der Waals surface area (Å²) in [5.74, 6) is 0.199. The Morgan fingerprint density at radius 2 is 2.00 bits per heavy atom. The normalized spacial score (nSPS) is 24.0. The van der Waals surface area contributed by atoms with Gasteiger partial charge < -0.3 is 4.90 Å². The molecular formula is C19H21N3OS. The summed E-state index contributed by atoms with van der Waals surface area (Å²) < 4.78 is 0. The lowest BCUT2D eigenvalue weighted by molar-refractivity contribution is -0.132. The molecular weight excluding hydrogens is 318 g/mol. The van der Waals surface area contributed by atoms with E-state index in [9.17, 15) is 4.79 Å². The van der Waals surface area contributed by atoms with Crippen LogP contribution >= 0.6 is 11.3 Å². The smallest absolute Gasteiger partial charge is 0.241 e. The molecule has 1 aromatic carbocycles. The molecule has 2 aliphatic heterocycles. The highest BCUT2D eigenvalue weighted by molar-refractivity contribution is 7.10. The van der Waals surface area contributed by atoms with Crippen LogP contribution in [-0.2, 0) is 4.79 Å². The summed E-state index contributed by atoms with van der Waals surface area (Å²) in [6.45, 7) is 1.49. The van der Waals surface area contributed by atoms with Gasteiger partial charge in [-0.15, -0.1) is 11.3 Å². The molecule has 5 heteroatoms. The Bertz CT molecular complexity index is 726. The largest absolute Gasteiger partial charge is 0.337 e. The molecule has 2 atom stereocenters. The van der Waals surface area contributed by atoms with Crippen LogP contribution in [0.3, 0.4) is 0 Å². The Labute approximate surface area is 146 Å². The molecule has 0 radical (unpaired) electrons. The molecule has 4 nitrogen and oxygen atoms in total. The molecule has 1 saturated heterocycles. The third kappa shape index (κ3) is 3.15. The molecule has 0 spiro atoms. The summed E-state index contributed by atoms with van der Waals surface area (Å²) in [7, 11) is 0. The number of nitrogens with one attached hydrogen (secondary N) is 2. The summed E-state index contributed by atoms with van der Waals surface area (Å²) in [6.07, 6.45) is 3.92. The summed E-state index contributed by atoms with van der Waals surface area (Å²) in [5, 5.41) is 2.08. The first-order valence-corrected chi connectivity index (χ1v) is 9.27. The molecule has 1 fully saturated rings. The second kappa shape index (κ2) is 6.89. The van der Waals surface area contributed by atoms with Crippen molar-refractivity contribution in [2.45, 2.75) is 24.9 Å². The Kier molecular flexibility index (Phi) is 4.47. The molecule has 1 aromatic heterocycles. The van der Waals surface area contributed by atoms with E-state index in [4.69, 9.17) is 0 Å². The van der Waals surface area contributed by atoms with Crippen molar-refractivity contribution in [3.8, 4) is 0 Å². The number of rotatable bonds is 3. The Balaban J connectivity index is 1.37. The van der Waals surface area contributed by atoms with Gasteiger partial charge >= 0.3 is 0 Å². The summed E-state index contributed by atoms with van der Waals surface area (Å²) in [5.41, 5.74) is 9.05. The van der Waals surface area contributed by atoms with E-state index < -0.39 is 0 Å². The molecule has 0 aliphatic carbocycles. The zero-order chi connectivity index (χ0) is 16.4. The van der Waals surface area contributed by atoms with Gasteiger partial charge in [0, 0.05) is 18.0 Å². The summed E-state index contributed by atoms with van der Waals surface area (Å²) >= 11 is 1.73. The third-order valence-corrected chi connectivity index (χ3v) is 5.74. The topological polar surface area (TPSA) is 44.4 Å². The molecule has 2 aromatic rings. The first kappa shape index (κ1) is 15.6. The molecule has 2 aliphatic rings. The van der Waals surface area contributed by atoms with E-state index in [0.717, 1.165) is 19.4 Å². The van der Waals surface area contributed by atoms with Crippen LogP contribution in [0.15, 0.2) is 53.9 Å². The predicted octanol–water partition coefficient (Wildman–Crippen LogP) is 2.97. The van der Waals surface area contributed by atoms with Gasteiger partial charge in [-0.25, -0.2) is 10.9 Å². The van der Waals surface area contributed by atoms with E-state index in [2.05, 4.69) is 58.7 Å². The molecule has 0 saturated carbocycles. The van der Waals surface area contributed by atoms with Crippen LogP contribution in [0.25, 0.3) is 5.57 Å². The van der Waals surface area contributed by atoms with Crippen molar-refractivity contribution in [1.82, 2.24) is 15.8 Å². The number of carbonyl (C=O) groups excluding carboxylic acids is 1. The van der Waals surface area contributed by atoms with E-state index in [-0.39, 0.29) is 18.0 Å². The van der Waals surface area contributed by atoms with Crippen molar-refractivity contribution < 1.29 is 4.79 Å². The summed E-state index contributed by atoms with van der Waals surface area (Å²) in [6, 6.07) is 14.7. The van der Waals surface area contributed by atoms with Crippen molar-refractivity contribution in [3.63, 3.8) is 0 Å². The predicted molar refractivity (Wildman–Crippen MR) is 97.4 cm³/mol. The number of hydrogen-bond acceptors (Lipinski definition) is 4. The zero-order valence-electron chi connectivity index (χ0n) is 13.4. The van der Waals surface area contributed by atoms with E-state index in [0.29, 0.717) is 6.54 Å². The van der Waals surface area contributed by atoms with Gasteiger partial charge in [0.05, 0.1) is 6.04 Å². The molecule has 0 bridgehead atoms. The number of benzene rings is 1. The standard InChI is InChI=1S/C19H21N3OS/c23-19(17-13-16(20-21-17)18-7-4-12-24-18)22-10-8-15(9-11-22)14-5-2-1-3-6-14/h1-8,12,16-17,20-21H,9-11,13H2. The average molecular weight is 339 g/mol. The Hall–Kier alpha value is -1.95. The number of hydrogen-bond donors (Lipinski definition) is 2. The second-order valence-corrected chi connectivity index (χ2v) is 7.25. The highest BCUT2D eigenvalue weighted by atomic mass is 32.1. The van der Waals surface area contributed by atoms with E-state index >= 15 is 0 Å². The molecule has 1 amide bonds. The van der Waals surface area contributed by atoms with Crippen LogP contribution in [0.1, 0.15) is 29.3 Å². The lowest BCUT2D eigenvalue weighted by Gasteiger charge is -2.28. The molecule has 2 unspecified atom stereocenters. The number of amides is 1. The monoisotopic (exact) mass is 339 g/mol. The van der Waals surface area contributed by atoms with Crippen LogP contribution in [0, 0.1) is 0 Å². The van der Waals surface area contributed by atoms with Crippen LogP contribution in [0.5, 0.6) is 0 Å². The molecule has 124 valence electrons. The number of nitrogens with zero attached hydrogens (tertiary/aromatic N) is 1. The maximum Gasteiger partial charge on any atom is 0.241 e. The summed E-state index contributed by atoms with van der Waals surface area (Å²) in [4.78, 5) is 16.0. The van der Waals surface area contributed by atoms with Crippen LogP contribution in [-0.4, -0.2) is 29.9 Å². The molecule has 24 heavy (non-hydrogen) atoms. The SMILES string of the molecule is O=C(C1CC(c2cccs2)NN1)N1CC=C(c2ccccc2)CC1. The highest BCUT2D eigenvalue weighted by Gasteiger charge is 2.33. The fraction of sp³-hybridized carbons (Fsp3) is 0.316. The van der Waals surface area contributed by atoms with Crippen molar-refractivity contribution in [2.24, 2.45) is 0 Å². The number of carbonyl (C=O) groups is 1. The molecule has 4 rings (SSSR count). The number of thiophene rings is 1. The zero-order valence-corrected chi connectivity index (χ0v) is 14.3. The average Bonchev–Trinajstić information content (AvgIpc) is 3.33. The fourth-order valence-corrected chi connectivity index (χ4v) is 4.19. The quantitative estimate of drug-likeness (QED) is 0.904. The molecule has 3 heterocycles. The minimum absolute atomic E-state index is 0.135. The lowest BCUT2D eigenvalue weighted by atomic mass is 9.99. The van der Waals surface area contributed by atoms with Gasteiger partial charge in [-0.2, -0.15) is 0 Å². The van der Waals surface area contributed by atoms with Gasteiger partial charge in [0.25, 0.3) is 0 Å². The highest BCUT2D eigenvalue weighted by Crippen LogP contribution is 2.28. The third-order valence-electron chi connectivity index (χ3n) is 4.75. The minimum Gasteiger partial charge on any atom is -0.337 e. The van der Waals surface area contributed by atoms with Crippen molar-refractivity contribution in [2.75, 3.05) is 13.1 Å². The Morgan fingerprint density at radius 1 is 1.12 bits per heavy atom. The van der Waals surface area contributed by atoms with E-state index in [1.54, 1.807) is 11.3 Å². The van der Waals surface area contributed by atoms with Gasteiger partial charge in [0.15, 0.2) is 0 Å². The van der Waals surface area contributed by atoms with Gasteiger partial charge in [0.2, 0.25) is 5.91 Å². The minimum atomic E-state index is -0.135. The van der Waals surface area contributed by atoms with Gasteiger partial charge in [-0.3, -0.25) is 4.79 Å². The molecule has 2 N–H and O–H groups in total. The van der Waals surface area contributed by atoms with Gasteiger partial charge in [0.1, 0.15) is 6.04 Å². The van der Waals surface area contributed by atoms with Crippen LogP contribution in [0.2, 0.25) is 0 Å². The van der Waals surface area contributed by atoms with Crippen molar-refractivity contribution in [1.29, 1.82) is 0 Å². The lowest BCUT2D eigenvalue weighted by Crippen LogP contribution is -2.46. The number of hydrazine groups is 1. The van der Waals surface area contributed by atoms with Gasteiger partial charge in [-0.05, 0) is 35.4 Å². The second-order valence-electron chi connectivity index (χ2n) is 6.27.